The van der Waals surface area contributed by atoms with E-state index in [9.17, 15) is 4.79 Å². The van der Waals surface area contributed by atoms with Gasteiger partial charge in [-0.15, -0.1) is 0 Å². The molecule has 0 aromatic heterocycles. The minimum absolute atomic E-state index is 0.0381. The fraction of sp³-hybridized carbons (Fsp3) is 0.316. The molecule has 2 aromatic rings. The van der Waals surface area contributed by atoms with Crippen molar-refractivity contribution >= 4 is 17.5 Å². The van der Waals surface area contributed by atoms with E-state index in [-0.39, 0.29) is 5.91 Å². The molecule has 4 heteroatoms. The molecule has 0 atom stereocenters. The molecule has 0 unspecified atom stereocenters. The maximum atomic E-state index is 11.8. The topological polar surface area (TPSA) is 38.3 Å². The van der Waals surface area contributed by atoms with Crippen LogP contribution in [0, 0.1) is 13.8 Å². The van der Waals surface area contributed by atoms with Crippen LogP contribution in [0.25, 0.3) is 0 Å². The maximum Gasteiger partial charge on any atom is 0.220 e. The van der Waals surface area contributed by atoms with Gasteiger partial charge in [0.15, 0.2) is 0 Å². The smallest absolute Gasteiger partial charge is 0.220 e. The first-order valence-electron chi connectivity index (χ1n) is 7.76. The highest BCUT2D eigenvalue weighted by atomic mass is 35.5. The van der Waals surface area contributed by atoms with Crippen molar-refractivity contribution in [3.05, 3.63) is 64.2 Å². The lowest BCUT2D eigenvalue weighted by atomic mass is 10.1. The molecule has 0 aliphatic heterocycles. The third-order valence-electron chi connectivity index (χ3n) is 3.60. The van der Waals surface area contributed by atoms with Crippen molar-refractivity contribution in [3.8, 4) is 5.75 Å². The first-order chi connectivity index (χ1) is 11.0. The van der Waals surface area contributed by atoms with E-state index in [1.807, 2.05) is 19.1 Å². The predicted octanol–water partition coefficient (Wildman–Crippen LogP) is 4.08. The maximum absolute atomic E-state index is 11.8. The fourth-order valence-electron chi connectivity index (χ4n) is 2.12. The number of benzene rings is 2. The van der Waals surface area contributed by atoms with Gasteiger partial charge in [-0.05, 0) is 43.5 Å². The lowest BCUT2D eigenvalue weighted by Crippen LogP contribution is -2.28. The molecule has 0 aliphatic carbocycles. The number of aryl methyl sites for hydroxylation is 3. The van der Waals surface area contributed by atoms with Crippen LogP contribution in [0.3, 0.4) is 0 Å². The van der Waals surface area contributed by atoms with E-state index in [0.29, 0.717) is 24.6 Å². The average molecular weight is 332 g/mol. The van der Waals surface area contributed by atoms with Crippen molar-refractivity contribution in [1.82, 2.24) is 5.32 Å². The van der Waals surface area contributed by atoms with Gasteiger partial charge >= 0.3 is 0 Å². The number of carbonyl (C=O) groups excluding carboxylic acids is 1. The summed E-state index contributed by atoms with van der Waals surface area (Å²) in [5.41, 5.74) is 3.42. The average Bonchev–Trinajstić information content (AvgIpc) is 2.54. The summed E-state index contributed by atoms with van der Waals surface area (Å²) in [4.78, 5) is 11.8. The summed E-state index contributed by atoms with van der Waals surface area (Å²) >= 11 is 6.04. The number of nitrogens with one attached hydrogen (secondary N) is 1. The van der Waals surface area contributed by atoms with Gasteiger partial charge in [-0.1, -0.05) is 47.5 Å². The van der Waals surface area contributed by atoms with Gasteiger partial charge in [0.1, 0.15) is 12.4 Å². The molecule has 1 amide bonds. The molecule has 23 heavy (non-hydrogen) atoms. The van der Waals surface area contributed by atoms with E-state index in [1.54, 1.807) is 6.07 Å². The SMILES string of the molecule is Cc1ccc(CCC(=O)NCCOc2ccc(C)c(Cl)c2)cc1. The van der Waals surface area contributed by atoms with Crippen LogP contribution in [-0.4, -0.2) is 19.1 Å². The van der Waals surface area contributed by atoms with Gasteiger partial charge < -0.3 is 10.1 Å². The van der Waals surface area contributed by atoms with E-state index in [2.05, 4.69) is 36.5 Å². The third-order valence-corrected chi connectivity index (χ3v) is 4.00. The molecule has 0 bridgehead atoms. The van der Waals surface area contributed by atoms with Crippen molar-refractivity contribution < 1.29 is 9.53 Å². The number of rotatable bonds is 7. The second kappa shape index (κ2) is 8.59. The van der Waals surface area contributed by atoms with Crippen LogP contribution in [0.15, 0.2) is 42.5 Å². The number of carbonyl (C=O) groups is 1. The summed E-state index contributed by atoms with van der Waals surface area (Å²) in [7, 11) is 0. The van der Waals surface area contributed by atoms with E-state index >= 15 is 0 Å². The van der Waals surface area contributed by atoms with E-state index in [4.69, 9.17) is 16.3 Å². The Kier molecular flexibility index (Phi) is 6.48. The number of amides is 1. The molecule has 0 aliphatic rings. The zero-order valence-electron chi connectivity index (χ0n) is 13.6. The van der Waals surface area contributed by atoms with Gasteiger partial charge in [0, 0.05) is 11.4 Å². The molecule has 0 fully saturated rings. The minimum atomic E-state index is 0.0381. The van der Waals surface area contributed by atoms with Crippen molar-refractivity contribution in [2.24, 2.45) is 0 Å². The number of ether oxygens (including phenoxy) is 1. The second-order valence-corrected chi connectivity index (χ2v) is 6.00. The van der Waals surface area contributed by atoms with Crippen LogP contribution in [0.5, 0.6) is 5.75 Å². The fourth-order valence-corrected chi connectivity index (χ4v) is 2.29. The molecule has 3 nitrogen and oxygen atoms in total. The molecule has 0 radical (unpaired) electrons. The Morgan fingerprint density at radius 3 is 2.57 bits per heavy atom. The van der Waals surface area contributed by atoms with Crippen molar-refractivity contribution in [1.29, 1.82) is 0 Å². The van der Waals surface area contributed by atoms with Gasteiger partial charge in [-0.25, -0.2) is 0 Å². The molecular weight excluding hydrogens is 310 g/mol. The lowest BCUT2D eigenvalue weighted by Gasteiger charge is -2.09. The summed E-state index contributed by atoms with van der Waals surface area (Å²) in [5.74, 6) is 0.755. The first-order valence-corrected chi connectivity index (χ1v) is 8.13. The molecule has 0 spiro atoms. The van der Waals surface area contributed by atoms with Gasteiger partial charge in [-0.3, -0.25) is 4.79 Å². The Labute approximate surface area is 142 Å². The summed E-state index contributed by atoms with van der Waals surface area (Å²) in [6.45, 7) is 4.91. The zero-order valence-corrected chi connectivity index (χ0v) is 14.3. The number of hydrogen-bond acceptors (Lipinski definition) is 2. The monoisotopic (exact) mass is 331 g/mol. The second-order valence-electron chi connectivity index (χ2n) is 5.60. The highest BCUT2D eigenvalue weighted by molar-refractivity contribution is 6.31. The minimum Gasteiger partial charge on any atom is -0.492 e. The van der Waals surface area contributed by atoms with E-state index in [1.165, 1.54) is 11.1 Å². The molecular formula is C19H22ClNO2. The summed E-state index contributed by atoms with van der Waals surface area (Å²) < 4.78 is 5.57. The van der Waals surface area contributed by atoms with Crippen molar-refractivity contribution in [2.45, 2.75) is 26.7 Å². The highest BCUT2D eigenvalue weighted by Crippen LogP contribution is 2.21. The molecule has 0 saturated carbocycles. The van der Waals surface area contributed by atoms with Gasteiger partial charge in [-0.2, -0.15) is 0 Å². The molecule has 2 rings (SSSR count). The Balaban J connectivity index is 1.64. The third kappa shape index (κ3) is 5.95. The summed E-state index contributed by atoms with van der Waals surface area (Å²) in [6, 6.07) is 13.8. The molecule has 122 valence electrons. The molecule has 0 saturated heterocycles. The van der Waals surface area contributed by atoms with Gasteiger partial charge in [0.25, 0.3) is 0 Å². The van der Waals surface area contributed by atoms with Gasteiger partial charge in [0.05, 0.1) is 6.54 Å². The van der Waals surface area contributed by atoms with Crippen LogP contribution >= 0.6 is 11.6 Å². The predicted molar refractivity (Wildman–Crippen MR) is 94.2 cm³/mol. The molecule has 1 N–H and O–H groups in total. The van der Waals surface area contributed by atoms with Crippen LogP contribution in [-0.2, 0) is 11.2 Å². The Bertz CT molecular complexity index is 653. The Morgan fingerprint density at radius 1 is 1.13 bits per heavy atom. The number of hydrogen-bond donors (Lipinski definition) is 1. The van der Waals surface area contributed by atoms with Crippen molar-refractivity contribution in [2.75, 3.05) is 13.2 Å². The first kappa shape index (κ1) is 17.4. The Morgan fingerprint density at radius 2 is 1.87 bits per heavy atom. The van der Waals surface area contributed by atoms with Crippen LogP contribution in [0.2, 0.25) is 5.02 Å². The largest absolute Gasteiger partial charge is 0.492 e. The summed E-state index contributed by atoms with van der Waals surface area (Å²) in [6.07, 6.45) is 1.24. The van der Waals surface area contributed by atoms with Crippen LogP contribution in [0.1, 0.15) is 23.1 Å². The summed E-state index contributed by atoms with van der Waals surface area (Å²) in [5, 5.41) is 3.55. The quantitative estimate of drug-likeness (QED) is 0.776. The van der Waals surface area contributed by atoms with E-state index in [0.717, 1.165) is 17.7 Å². The molecule has 0 heterocycles. The van der Waals surface area contributed by atoms with Gasteiger partial charge in [0.2, 0.25) is 5.91 Å². The standard InChI is InChI=1S/C19H22ClNO2/c1-14-3-6-16(7-4-14)8-10-19(22)21-11-12-23-17-9-5-15(2)18(20)13-17/h3-7,9,13H,8,10-12H2,1-2H3,(H,21,22). The molecule has 2 aromatic carbocycles. The Hall–Kier alpha value is -2.00. The number of halogens is 1. The lowest BCUT2D eigenvalue weighted by molar-refractivity contribution is -0.121. The van der Waals surface area contributed by atoms with Crippen LogP contribution < -0.4 is 10.1 Å². The van der Waals surface area contributed by atoms with E-state index < -0.39 is 0 Å². The van der Waals surface area contributed by atoms with Crippen LogP contribution in [0.4, 0.5) is 0 Å². The zero-order chi connectivity index (χ0) is 16.7. The van der Waals surface area contributed by atoms with Crippen molar-refractivity contribution in [3.63, 3.8) is 0 Å². The normalized spacial score (nSPS) is 10.4. The highest BCUT2D eigenvalue weighted by Gasteiger charge is 2.03.